The number of nitrogen functional groups attached to an aromatic ring is 1. The van der Waals surface area contributed by atoms with Gasteiger partial charge in [0, 0.05) is 7.11 Å². The van der Waals surface area contributed by atoms with Gasteiger partial charge in [0.15, 0.2) is 0 Å². The van der Waals surface area contributed by atoms with Gasteiger partial charge in [0.2, 0.25) is 0 Å². The zero-order valence-electron chi connectivity index (χ0n) is 8.69. The molecular weight excluding hydrogens is 232 g/mol. The number of amides is 2. The van der Waals surface area contributed by atoms with Crippen LogP contribution in [0.4, 0.5) is 9.80 Å². The predicted molar refractivity (Wildman–Crippen MR) is 59.4 cm³/mol. The Kier molecular flexibility index (Phi) is 4.74. The average molecular weight is 244 g/mol. The summed E-state index contributed by atoms with van der Waals surface area (Å²) in [6.45, 7) is 0.372. The third-order valence-electron chi connectivity index (χ3n) is 1.68. The van der Waals surface area contributed by atoms with Crippen LogP contribution in [0.15, 0.2) is 11.4 Å². The number of nitrogens with one attached hydrogen (secondary N) is 1. The van der Waals surface area contributed by atoms with E-state index < -0.39 is 12.0 Å². The third kappa shape index (κ3) is 3.52. The lowest BCUT2D eigenvalue weighted by atomic mass is 10.3. The molecule has 2 amide bonds. The number of alkyl carbamates (subject to hydrolysis) is 1. The molecule has 7 heteroatoms. The summed E-state index contributed by atoms with van der Waals surface area (Å²) in [4.78, 5) is 22.5. The number of ether oxygens (including phenoxy) is 2. The Labute approximate surface area is 96.3 Å². The molecule has 0 aliphatic rings. The monoisotopic (exact) mass is 244 g/mol. The summed E-state index contributed by atoms with van der Waals surface area (Å²) in [5, 5.41) is 4.08. The zero-order valence-corrected chi connectivity index (χ0v) is 9.50. The average Bonchev–Trinajstić information content (AvgIpc) is 2.65. The second-order valence-electron chi connectivity index (χ2n) is 2.78. The Balaban J connectivity index is 2.40. The lowest BCUT2D eigenvalue weighted by Crippen LogP contribution is -2.31. The summed E-state index contributed by atoms with van der Waals surface area (Å²) in [7, 11) is 1.48. The Bertz CT molecular complexity index is 377. The number of hydrogen-bond donors (Lipinski definition) is 2. The number of carbonyl (C=O) groups excluding carboxylic acids is 2. The molecule has 3 N–H and O–H groups in total. The van der Waals surface area contributed by atoms with Gasteiger partial charge in [-0.15, -0.1) is 11.3 Å². The van der Waals surface area contributed by atoms with Gasteiger partial charge in [0.1, 0.15) is 6.61 Å². The molecule has 0 spiro atoms. The summed E-state index contributed by atoms with van der Waals surface area (Å²) in [5.41, 5.74) is 5.80. The molecule has 0 saturated heterocycles. The van der Waals surface area contributed by atoms with E-state index >= 15 is 0 Å². The highest BCUT2D eigenvalue weighted by molar-refractivity contribution is 7.14. The van der Waals surface area contributed by atoms with E-state index in [1.165, 1.54) is 24.5 Å². The van der Waals surface area contributed by atoms with Crippen molar-refractivity contribution in [1.29, 1.82) is 0 Å². The van der Waals surface area contributed by atoms with Crippen LogP contribution in [0.25, 0.3) is 0 Å². The zero-order chi connectivity index (χ0) is 12.0. The van der Waals surface area contributed by atoms with E-state index in [2.05, 4.69) is 14.8 Å². The van der Waals surface area contributed by atoms with Gasteiger partial charge in [-0.05, 0) is 11.4 Å². The second kappa shape index (κ2) is 6.09. The van der Waals surface area contributed by atoms with Crippen LogP contribution in [0.2, 0.25) is 0 Å². The van der Waals surface area contributed by atoms with Gasteiger partial charge in [0.25, 0.3) is 5.91 Å². The van der Waals surface area contributed by atoms with Crippen molar-refractivity contribution >= 4 is 28.3 Å². The molecule has 0 aromatic carbocycles. The molecule has 1 heterocycles. The highest BCUT2D eigenvalue weighted by Gasteiger charge is 2.14. The second-order valence-corrected chi connectivity index (χ2v) is 3.73. The van der Waals surface area contributed by atoms with Gasteiger partial charge in [-0.3, -0.25) is 10.1 Å². The molecule has 16 heavy (non-hydrogen) atoms. The number of methoxy groups -OCH3 is 1. The summed E-state index contributed by atoms with van der Waals surface area (Å²) < 4.78 is 9.34. The minimum Gasteiger partial charge on any atom is -0.447 e. The number of carbonyl (C=O) groups is 2. The lowest BCUT2D eigenvalue weighted by Gasteiger charge is -2.04. The minimum atomic E-state index is -0.812. The van der Waals surface area contributed by atoms with Crippen molar-refractivity contribution in [3.05, 3.63) is 17.0 Å². The van der Waals surface area contributed by atoms with Crippen LogP contribution < -0.4 is 11.1 Å². The Hall–Kier alpha value is -1.60. The third-order valence-corrected chi connectivity index (χ3v) is 2.42. The molecular formula is C9H12N2O4S. The maximum Gasteiger partial charge on any atom is 0.414 e. The molecule has 6 nitrogen and oxygen atoms in total. The van der Waals surface area contributed by atoms with Crippen molar-refractivity contribution in [3.63, 3.8) is 0 Å². The van der Waals surface area contributed by atoms with Crippen molar-refractivity contribution in [1.82, 2.24) is 5.32 Å². The van der Waals surface area contributed by atoms with Gasteiger partial charge in [0.05, 0.1) is 17.2 Å². The molecule has 0 saturated carbocycles. The molecule has 0 radical (unpaired) electrons. The van der Waals surface area contributed by atoms with E-state index in [-0.39, 0.29) is 18.8 Å². The minimum absolute atomic E-state index is 0.0920. The Morgan fingerprint density at radius 1 is 1.50 bits per heavy atom. The molecule has 0 fully saturated rings. The molecule has 0 aliphatic carbocycles. The van der Waals surface area contributed by atoms with Crippen LogP contribution in [0.3, 0.4) is 0 Å². The number of rotatable bonds is 4. The quantitative estimate of drug-likeness (QED) is 0.766. The summed E-state index contributed by atoms with van der Waals surface area (Å²) in [5.74, 6) is -0.568. The fraction of sp³-hybridized carbons (Fsp3) is 0.333. The van der Waals surface area contributed by atoms with Gasteiger partial charge >= 0.3 is 6.09 Å². The van der Waals surface area contributed by atoms with Crippen LogP contribution in [-0.2, 0) is 9.47 Å². The predicted octanol–water partition coefficient (Wildman–Crippen LogP) is 0.843. The maximum absolute atomic E-state index is 11.5. The summed E-state index contributed by atoms with van der Waals surface area (Å²) in [6.07, 6.45) is -0.812. The van der Waals surface area contributed by atoms with Gasteiger partial charge in [-0.2, -0.15) is 0 Å². The smallest absolute Gasteiger partial charge is 0.414 e. The van der Waals surface area contributed by atoms with Gasteiger partial charge < -0.3 is 15.2 Å². The standard InChI is InChI=1S/C9H12N2O4S/c1-14-3-4-15-9(13)11-8(12)6-2-5-16-7(6)10/h2,5H,3-4,10H2,1H3,(H,11,12,13). The summed E-state index contributed by atoms with van der Waals surface area (Å²) >= 11 is 1.23. The Morgan fingerprint density at radius 3 is 2.81 bits per heavy atom. The van der Waals surface area contributed by atoms with Crippen LogP contribution >= 0.6 is 11.3 Å². The molecule has 88 valence electrons. The van der Waals surface area contributed by atoms with E-state index in [0.717, 1.165) is 0 Å². The lowest BCUT2D eigenvalue weighted by molar-refractivity contribution is 0.0845. The normalized spacial score (nSPS) is 9.81. The first-order chi connectivity index (χ1) is 7.65. The molecule has 0 aliphatic heterocycles. The fourth-order valence-electron chi connectivity index (χ4n) is 0.922. The van der Waals surface area contributed by atoms with Crippen LogP contribution in [-0.4, -0.2) is 32.3 Å². The van der Waals surface area contributed by atoms with E-state index in [9.17, 15) is 9.59 Å². The fourth-order valence-corrected chi connectivity index (χ4v) is 1.56. The highest BCUT2D eigenvalue weighted by atomic mass is 32.1. The van der Waals surface area contributed by atoms with Crippen LogP contribution in [0, 0.1) is 0 Å². The highest BCUT2D eigenvalue weighted by Crippen LogP contribution is 2.18. The van der Waals surface area contributed by atoms with Crippen molar-refractivity contribution in [3.8, 4) is 0 Å². The number of thiophene rings is 1. The topological polar surface area (TPSA) is 90.6 Å². The van der Waals surface area contributed by atoms with E-state index in [0.29, 0.717) is 5.00 Å². The van der Waals surface area contributed by atoms with Crippen LogP contribution in [0.1, 0.15) is 10.4 Å². The molecule has 1 aromatic rings. The van der Waals surface area contributed by atoms with E-state index in [4.69, 9.17) is 5.73 Å². The van der Waals surface area contributed by atoms with E-state index in [1.807, 2.05) is 0 Å². The number of nitrogens with two attached hydrogens (primary N) is 1. The van der Waals surface area contributed by atoms with E-state index in [1.54, 1.807) is 5.38 Å². The molecule has 1 rings (SSSR count). The largest absolute Gasteiger partial charge is 0.447 e. The Morgan fingerprint density at radius 2 is 2.25 bits per heavy atom. The molecule has 0 atom stereocenters. The molecule has 1 aromatic heterocycles. The SMILES string of the molecule is COCCOC(=O)NC(=O)c1ccsc1N. The first-order valence-corrected chi connectivity index (χ1v) is 5.33. The van der Waals surface area contributed by atoms with Crippen molar-refractivity contribution < 1.29 is 19.1 Å². The number of imide groups is 1. The maximum atomic E-state index is 11.5. The van der Waals surface area contributed by atoms with Crippen molar-refractivity contribution in [2.75, 3.05) is 26.1 Å². The number of hydrogen-bond acceptors (Lipinski definition) is 6. The van der Waals surface area contributed by atoms with Crippen LogP contribution in [0.5, 0.6) is 0 Å². The molecule has 0 bridgehead atoms. The van der Waals surface area contributed by atoms with Gasteiger partial charge in [-0.25, -0.2) is 4.79 Å². The van der Waals surface area contributed by atoms with Crippen molar-refractivity contribution in [2.45, 2.75) is 0 Å². The first-order valence-electron chi connectivity index (χ1n) is 4.45. The van der Waals surface area contributed by atoms with Crippen molar-refractivity contribution in [2.24, 2.45) is 0 Å². The number of anilines is 1. The summed E-state index contributed by atoms with van der Waals surface area (Å²) in [6, 6.07) is 1.54. The molecule has 0 unspecified atom stereocenters. The first kappa shape index (κ1) is 12.5. The van der Waals surface area contributed by atoms with Gasteiger partial charge in [-0.1, -0.05) is 0 Å².